The number of methoxy groups -OCH3 is 1. The van der Waals surface area contributed by atoms with Gasteiger partial charge in [-0.2, -0.15) is 0 Å². The number of nitrogens with zero attached hydrogens (tertiary/aromatic N) is 1. The summed E-state index contributed by atoms with van der Waals surface area (Å²) in [7, 11) is 1.66. The molecule has 0 amide bonds. The third kappa shape index (κ3) is 3.20. The lowest BCUT2D eigenvalue weighted by atomic mass is 10.2. The summed E-state index contributed by atoms with van der Waals surface area (Å²) < 4.78 is 6.12. The zero-order chi connectivity index (χ0) is 13.0. The second-order valence-corrected chi connectivity index (χ2v) is 4.84. The normalized spacial score (nSPS) is 10.8. The Hall–Kier alpha value is -1.61. The van der Waals surface area contributed by atoms with Crippen LogP contribution in [0.1, 0.15) is 11.1 Å². The van der Waals surface area contributed by atoms with E-state index in [1.165, 1.54) is 5.56 Å². The number of ether oxygens (including phenoxy) is 1. The predicted octanol–water partition coefficient (Wildman–Crippen LogP) is 4.52. The van der Waals surface area contributed by atoms with E-state index in [0.717, 1.165) is 21.5 Å². The Morgan fingerprint density at radius 1 is 1.11 bits per heavy atom. The molecule has 0 unspecified atom stereocenters. The highest BCUT2D eigenvalue weighted by Crippen LogP contribution is 2.26. The summed E-state index contributed by atoms with van der Waals surface area (Å²) in [5.74, 6) is 0.851. The van der Waals surface area contributed by atoms with Crippen molar-refractivity contribution in [3.63, 3.8) is 0 Å². The highest BCUT2D eigenvalue weighted by molar-refractivity contribution is 9.10. The molecule has 0 aliphatic heterocycles. The second kappa shape index (κ2) is 5.83. The Bertz CT molecular complexity index is 561. The summed E-state index contributed by atoms with van der Waals surface area (Å²) in [5.41, 5.74) is 3.19. The van der Waals surface area contributed by atoms with Crippen LogP contribution in [0.3, 0.4) is 0 Å². The molecule has 0 saturated heterocycles. The van der Waals surface area contributed by atoms with Crippen LogP contribution in [0.5, 0.6) is 5.75 Å². The first kappa shape index (κ1) is 12.8. The fraction of sp³-hybridized carbons (Fsp3) is 0.133. The van der Waals surface area contributed by atoms with Crippen molar-refractivity contribution in [2.45, 2.75) is 6.92 Å². The van der Waals surface area contributed by atoms with Gasteiger partial charge in [0.2, 0.25) is 0 Å². The number of hydrogen-bond donors (Lipinski definition) is 0. The largest absolute Gasteiger partial charge is 0.497 e. The molecule has 0 fully saturated rings. The van der Waals surface area contributed by atoms with Gasteiger partial charge in [-0.1, -0.05) is 6.07 Å². The zero-order valence-corrected chi connectivity index (χ0v) is 11.9. The van der Waals surface area contributed by atoms with Crippen LogP contribution in [0.2, 0.25) is 0 Å². The first-order valence-corrected chi connectivity index (χ1v) is 6.42. The molecule has 2 nitrogen and oxygen atoms in total. The Morgan fingerprint density at radius 3 is 2.44 bits per heavy atom. The van der Waals surface area contributed by atoms with Crippen LogP contribution in [-0.2, 0) is 0 Å². The molecule has 3 heteroatoms. The predicted molar refractivity (Wildman–Crippen MR) is 79.1 cm³/mol. The van der Waals surface area contributed by atoms with Gasteiger partial charge >= 0.3 is 0 Å². The molecule has 0 saturated carbocycles. The van der Waals surface area contributed by atoms with Gasteiger partial charge in [0.05, 0.1) is 12.8 Å². The molecule has 0 N–H and O–H groups in total. The maximum Gasteiger partial charge on any atom is 0.118 e. The molecule has 0 heterocycles. The Kier molecular flexibility index (Phi) is 4.15. The Labute approximate surface area is 115 Å². The lowest BCUT2D eigenvalue weighted by molar-refractivity contribution is 0.415. The highest BCUT2D eigenvalue weighted by Gasteiger charge is 1.97. The molecule has 92 valence electrons. The van der Waals surface area contributed by atoms with Crippen molar-refractivity contribution in [3.05, 3.63) is 58.1 Å². The number of halogens is 1. The lowest BCUT2D eigenvalue weighted by Crippen LogP contribution is -1.84. The van der Waals surface area contributed by atoms with Crippen LogP contribution in [0.4, 0.5) is 5.69 Å². The molecule has 2 aromatic carbocycles. The number of hydrogen-bond acceptors (Lipinski definition) is 2. The summed E-state index contributed by atoms with van der Waals surface area (Å²) in [6.07, 6.45) is 1.84. The standard InChI is InChI=1S/C15H14BrNO/c1-11-3-8-15(14(16)9-11)17-10-12-4-6-13(18-2)7-5-12/h3-10H,1-2H3. The summed E-state index contributed by atoms with van der Waals surface area (Å²) >= 11 is 3.51. The summed E-state index contributed by atoms with van der Waals surface area (Å²) in [5, 5.41) is 0. The van der Waals surface area contributed by atoms with Gasteiger partial charge in [0.1, 0.15) is 5.75 Å². The van der Waals surface area contributed by atoms with E-state index in [1.54, 1.807) is 7.11 Å². The van der Waals surface area contributed by atoms with Crippen LogP contribution in [0, 0.1) is 6.92 Å². The Morgan fingerprint density at radius 2 is 1.83 bits per heavy atom. The highest BCUT2D eigenvalue weighted by atomic mass is 79.9. The van der Waals surface area contributed by atoms with E-state index in [1.807, 2.05) is 42.6 Å². The van der Waals surface area contributed by atoms with Gasteiger partial charge in [0, 0.05) is 10.7 Å². The number of aliphatic imine (C=N–C) groups is 1. The zero-order valence-electron chi connectivity index (χ0n) is 10.4. The number of benzene rings is 2. The van der Waals surface area contributed by atoms with E-state index in [-0.39, 0.29) is 0 Å². The molecule has 2 aromatic rings. The lowest BCUT2D eigenvalue weighted by Gasteiger charge is -2.01. The van der Waals surface area contributed by atoms with Crippen LogP contribution in [0.15, 0.2) is 51.9 Å². The van der Waals surface area contributed by atoms with Gasteiger partial charge < -0.3 is 4.74 Å². The van der Waals surface area contributed by atoms with E-state index in [0.29, 0.717) is 0 Å². The Balaban J connectivity index is 2.19. The first-order chi connectivity index (χ1) is 8.69. The van der Waals surface area contributed by atoms with Crippen molar-refractivity contribution in [2.24, 2.45) is 4.99 Å². The van der Waals surface area contributed by atoms with Gasteiger partial charge in [-0.3, -0.25) is 4.99 Å². The van der Waals surface area contributed by atoms with E-state index in [4.69, 9.17) is 4.74 Å². The summed E-state index contributed by atoms with van der Waals surface area (Å²) in [6.45, 7) is 2.06. The minimum absolute atomic E-state index is 0.851. The van der Waals surface area contributed by atoms with E-state index in [2.05, 4.69) is 33.9 Å². The minimum atomic E-state index is 0.851. The fourth-order valence-electron chi connectivity index (χ4n) is 1.55. The molecule has 2 rings (SSSR count). The fourth-order valence-corrected chi connectivity index (χ4v) is 2.15. The van der Waals surface area contributed by atoms with E-state index in [9.17, 15) is 0 Å². The van der Waals surface area contributed by atoms with Crippen LogP contribution < -0.4 is 4.74 Å². The van der Waals surface area contributed by atoms with Crippen LogP contribution >= 0.6 is 15.9 Å². The third-order valence-electron chi connectivity index (χ3n) is 2.57. The average molecular weight is 304 g/mol. The van der Waals surface area contributed by atoms with Crippen molar-refractivity contribution < 1.29 is 4.74 Å². The van der Waals surface area contributed by atoms with Gasteiger partial charge in [-0.15, -0.1) is 0 Å². The third-order valence-corrected chi connectivity index (χ3v) is 3.21. The van der Waals surface area contributed by atoms with Crippen molar-refractivity contribution >= 4 is 27.8 Å². The second-order valence-electron chi connectivity index (χ2n) is 3.99. The average Bonchev–Trinajstić information content (AvgIpc) is 2.38. The van der Waals surface area contributed by atoms with Crippen molar-refractivity contribution in [1.82, 2.24) is 0 Å². The van der Waals surface area contributed by atoms with Crippen LogP contribution in [-0.4, -0.2) is 13.3 Å². The van der Waals surface area contributed by atoms with Crippen molar-refractivity contribution in [3.8, 4) is 5.75 Å². The molecule has 0 aliphatic carbocycles. The molecule has 0 radical (unpaired) electrons. The maximum absolute atomic E-state index is 5.11. The first-order valence-electron chi connectivity index (χ1n) is 5.63. The van der Waals surface area contributed by atoms with E-state index >= 15 is 0 Å². The summed E-state index contributed by atoms with van der Waals surface area (Å²) in [4.78, 5) is 4.46. The maximum atomic E-state index is 5.11. The monoisotopic (exact) mass is 303 g/mol. The molecule has 0 atom stereocenters. The summed E-state index contributed by atoms with van der Waals surface area (Å²) in [6, 6.07) is 13.9. The van der Waals surface area contributed by atoms with Gasteiger partial charge in [-0.05, 0) is 70.4 Å². The quantitative estimate of drug-likeness (QED) is 0.764. The molecular weight excluding hydrogens is 290 g/mol. The molecule has 18 heavy (non-hydrogen) atoms. The molecule has 0 spiro atoms. The molecule has 0 aliphatic rings. The number of aryl methyl sites for hydroxylation is 1. The van der Waals surface area contributed by atoms with E-state index < -0.39 is 0 Å². The molecule has 0 bridgehead atoms. The minimum Gasteiger partial charge on any atom is -0.497 e. The number of rotatable bonds is 3. The van der Waals surface area contributed by atoms with Crippen molar-refractivity contribution in [2.75, 3.05) is 7.11 Å². The van der Waals surface area contributed by atoms with Crippen molar-refractivity contribution in [1.29, 1.82) is 0 Å². The van der Waals surface area contributed by atoms with Gasteiger partial charge in [0.15, 0.2) is 0 Å². The van der Waals surface area contributed by atoms with Gasteiger partial charge in [0.25, 0.3) is 0 Å². The van der Waals surface area contributed by atoms with Crippen LogP contribution in [0.25, 0.3) is 0 Å². The molecule has 0 aromatic heterocycles. The topological polar surface area (TPSA) is 21.6 Å². The smallest absolute Gasteiger partial charge is 0.118 e. The SMILES string of the molecule is COc1ccc(C=Nc2ccc(C)cc2Br)cc1. The molecular formula is C15H14BrNO. The van der Waals surface area contributed by atoms with Gasteiger partial charge in [-0.25, -0.2) is 0 Å².